The summed E-state index contributed by atoms with van der Waals surface area (Å²) in [5, 5.41) is 11.5. The number of methoxy groups -OCH3 is 2. The first-order chi connectivity index (χ1) is 17.9. The predicted octanol–water partition coefficient (Wildman–Crippen LogP) is 4.56. The lowest BCUT2D eigenvalue weighted by atomic mass is 10.1. The van der Waals surface area contributed by atoms with Crippen molar-refractivity contribution in [3.63, 3.8) is 0 Å². The molecule has 3 aromatic carbocycles. The number of benzene rings is 3. The normalized spacial score (nSPS) is 16.4. The number of carbonyl (C=O) groups is 3. The fourth-order valence-electron chi connectivity index (χ4n) is 3.60. The van der Waals surface area contributed by atoms with Gasteiger partial charge in [-0.25, -0.2) is 9.79 Å². The second-order valence-corrected chi connectivity index (χ2v) is 9.27. The molecule has 1 saturated heterocycles. The Morgan fingerprint density at radius 2 is 1.57 bits per heavy atom. The van der Waals surface area contributed by atoms with Gasteiger partial charge in [0.25, 0.3) is 0 Å². The number of hydrogen-bond donors (Lipinski definition) is 2. The monoisotopic (exact) mass is 519 g/mol. The molecular formula is C27H25N3O6S. The van der Waals surface area contributed by atoms with Gasteiger partial charge in [0, 0.05) is 12.1 Å². The smallest absolute Gasteiger partial charge is 0.335 e. The van der Waals surface area contributed by atoms with Crippen LogP contribution in [-0.4, -0.2) is 52.4 Å². The van der Waals surface area contributed by atoms with Gasteiger partial charge in [-0.3, -0.25) is 14.5 Å². The number of amidine groups is 1. The van der Waals surface area contributed by atoms with Crippen molar-refractivity contribution in [3.05, 3.63) is 83.9 Å². The number of nitrogens with zero attached hydrogens (tertiary/aromatic N) is 2. The number of nitrogens with one attached hydrogen (secondary N) is 1. The Balaban J connectivity index is 1.57. The number of aromatic carboxylic acids is 1. The molecule has 37 heavy (non-hydrogen) atoms. The number of aliphatic imine (C=N–C) groups is 1. The highest BCUT2D eigenvalue weighted by molar-refractivity contribution is 8.15. The fourth-order valence-corrected chi connectivity index (χ4v) is 4.69. The number of ether oxygens (including phenoxy) is 2. The zero-order valence-corrected chi connectivity index (χ0v) is 21.0. The minimum atomic E-state index is -1.05. The molecule has 190 valence electrons. The predicted molar refractivity (Wildman–Crippen MR) is 142 cm³/mol. The van der Waals surface area contributed by atoms with Crippen LogP contribution in [0.5, 0.6) is 11.5 Å². The van der Waals surface area contributed by atoms with E-state index in [1.165, 1.54) is 36.0 Å². The summed E-state index contributed by atoms with van der Waals surface area (Å²) in [6.07, 6.45) is -0.0124. The molecular weight excluding hydrogens is 494 g/mol. The fraction of sp³-hybridized carbons (Fsp3) is 0.185. The maximum absolute atomic E-state index is 13.3. The molecule has 1 aliphatic rings. The Bertz CT molecular complexity index is 1310. The number of carboxylic acids is 1. The van der Waals surface area contributed by atoms with Gasteiger partial charge in [0.2, 0.25) is 11.8 Å². The molecule has 0 aliphatic carbocycles. The summed E-state index contributed by atoms with van der Waals surface area (Å²) >= 11 is 1.20. The quantitative estimate of drug-likeness (QED) is 0.448. The molecule has 0 radical (unpaired) electrons. The van der Waals surface area contributed by atoms with Crippen molar-refractivity contribution < 1.29 is 29.0 Å². The average Bonchev–Trinajstić information content (AvgIpc) is 2.91. The number of hydrogen-bond acceptors (Lipinski definition) is 7. The highest BCUT2D eigenvalue weighted by Crippen LogP contribution is 2.31. The third-order valence-electron chi connectivity index (χ3n) is 5.63. The summed E-state index contributed by atoms with van der Waals surface area (Å²) in [4.78, 5) is 43.6. The van der Waals surface area contributed by atoms with Gasteiger partial charge >= 0.3 is 5.97 Å². The largest absolute Gasteiger partial charge is 0.497 e. The Kier molecular flexibility index (Phi) is 8.09. The van der Waals surface area contributed by atoms with Crippen LogP contribution in [0.1, 0.15) is 22.3 Å². The number of rotatable bonds is 8. The Morgan fingerprint density at radius 3 is 2.14 bits per heavy atom. The van der Waals surface area contributed by atoms with E-state index < -0.39 is 11.2 Å². The summed E-state index contributed by atoms with van der Waals surface area (Å²) in [6.45, 7) is 0.288. The van der Waals surface area contributed by atoms with E-state index in [9.17, 15) is 14.4 Å². The van der Waals surface area contributed by atoms with Gasteiger partial charge in [0.05, 0.1) is 32.0 Å². The number of carboxylic acid groups (broad SMARTS) is 1. The van der Waals surface area contributed by atoms with E-state index in [2.05, 4.69) is 10.3 Å². The van der Waals surface area contributed by atoms with Crippen LogP contribution in [0.4, 0.5) is 11.4 Å². The van der Waals surface area contributed by atoms with E-state index in [1.54, 1.807) is 43.4 Å². The van der Waals surface area contributed by atoms with Gasteiger partial charge in [0.15, 0.2) is 5.17 Å². The third kappa shape index (κ3) is 6.47. The highest BCUT2D eigenvalue weighted by atomic mass is 32.2. The zero-order chi connectivity index (χ0) is 26.4. The Morgan fingerprint density at radius 1 is 0.973 bits per heavy atom. The molecule has 0 bridgehead atoms. The summed E-state index contributed by atoms with van der Waals surface area (Å²) in [6, 6.07) is 20.3. The maximum atomic E-state index is 13.3. The Labute approximate surface area is 218 Å². The van der Waals surface area contributed by atoms with Gasteiger partial charge in [-0.15, -0.1) is 0 Å². The molecule has 10 heteroatoms. The van der Waals surface area contributed by atoms with Crippen molar-refractivity contribution >= 4 is 46.1 Å². The van der Waals surface area contributed by atoms with Crippen LogP contribution in [0.25, 0.3) is 0 Å². The summed E-state index contributed by atoms with van der Waals surface area (Å²) in [7, 11) is 3.16. The van der Waals surface area contributed by atoms with Crippen LogP contribution >= 0.6 is 11.8 Å². The second kappa shape index (κ2) is 11.6. The summed E-state index contributed by atoms with van der Waals surface area (Å²) in [5.41, 5.74) is 2.06. The minimum absolute atomic E-state index is 0.0124. The van der Waals surface area contributed by atoms with E-state index in [0.29, 0.717) is 28.0 Å². The lowest BCUT2D eigenvalue weighted by Gasteiger charge is -2.32. The molecule has 4 rings (SSSR count). The molecule has 1 fully saturated rings. The van der Waals surface area contributed by atoms with Crippen molar-refractivity contribution in [2.45, 2.75) is 18.2 Å². The molecule has 1 unspecified atom stereocenters. The van der Waals surface area contributed by atoms with Gasteiger partial charge < -0.3 is 19.9 Å². The number of thioether (sulfide) groups is 1. The molecule has 0 aromatic heterocycles. The highest BCUT2D eigenvalue weighted by Gasteiger charge is 2.36. The van der Waals surface area contributed by atoms with Crippen LogP contribution in [-0.2, 0) is 16.1 Å². The molecule has 1 aliphatic heterocycles. The zero-order valence-electron chi connectivity index (χ0n) is 20.2. The summed E-state index contributed by atoms with van der Waals surface area (Å²) in [5.74, 6) is -0.264. The van der Waals surface area contributed by atoms with Crippen molar-refractivity contribution in [2.75, 3.05) is 19.5 Å². The summed E-state index contributed by atoms with van der Waals surface area (Å²) < 4.78 is 10.4. The second-order valence-electron chi connectivity index (χ2n) is 8.10. The van der Waals surface area contributed by atoms with Crippen LogP contribution in [0.15, 0.2) is 77.8 Å². The van der Waals surface area contributed by atoms with Crippen LogP contribution < -0.4 is 14.8 Å². The van der Waals surface area contributed by atoms with Gasteiger partial charge in [-0.2, -0.15) is 0 Å². The first kappa shape index (κ1) is 25.8. The van der Waals surface area contributed by atoms with E-state index >= 15 is 0 Å². The van der Waals surface area contributed by atoms with Crippen LogP contribution in [0.2, 0.25) is 0 Å². The minimum Gasteiger partial charge on any atom is -0.497 e. The van der Waals surface area contributed by atoms with Crippen LogP contribution in [0.3, 0.4) is 0 Å². The van der Waals surface area contributed by atoms with Crippen LogP contribution in [0, 0.1) is 0 Å². The lowest BCUT2D eigenvalue weighted by Crippen LogP contribution is -2.44. The third-order valence-corrected chi connectivity index (χ3v) is 6.82. The van der Waals surface area contributed by atoms with E-state index in [1.807, 2.05) is 24.3 Å². The molecule has 3 aromatic rings. The van der Waals surface area contributed by atoms with Gasteiger partial charge in [-0.1, -0.05) is 23.9 Å². The standard InChI is InChI=1S/C27H25N3O6S/c1-35-21-11-3-17(4-12-21)16-30-24(31)15-23(25(32)28-19-7-5-18(6-8-19)26(33)34)37-27(30)29-20-9-13-22(36-2)14-10-20/h3-14,23H,15-16H2,1-2H3,(H,28,32)(H,33,34). The SMILES string of the molecule is COc1ccc(CN2C(=O)CC(C(=O)Nc3ccc(C(=O)O)cc3)SC2=Nc2ccc(OC)cc2)cc1. The molecule has 0 saturated carbocycles. The molecule has 9 nitrogen and oxygen atoms in total. The van der Waals surface area contributed by atoms with Crippen molar-refractivity contribution in [3.8, 4) is 11.5 Å². The number of anilines is 1. The van der Waals surface area contributed by atoms with Crippen molar-refractivity contribution in [1.29, 1.82) is 0 Å². The molecule has 1 heterocycles. The van der Waals surface area contributed by atoms with Gasteiger partial charge in [-0.05, 0) is 66.2 Å². The average molecular weight is 520 g/mol. The number of carbonyl (C=O) groups excluding carboxylic acids is 2. The van der Waals surface area contributed by atoms with Crippen molar-refractivity contribution in [2.24, 2.45) is 4.99 Å². The Hall–Kier alpha value is -4.31. The van der Waals surface area contributed by atoms with E-state index in [-0.39, 0.29) is 30.3 Å². The molecule has 2 N–H and O–H groups in total. The van der Waals surface area contributed by atoms with Crippen molar-refractivity contribution in [1.82, 2.24) is 4.90 Å². The number of amides is 2. The molecule has 0 spiro atoms. The first-order valence-electron chi connectivity index (χ1n) is 11.3. The molecule has 1 atom stereocenters. The molecule has 2 amide bonds. The van der Waals surface area contributed by atoms with E-state index in [4.69, 9.17) is 14.6 Å². The maximum Gasteiger partial charge on any atom is 0.335 e. The van der Waals surface area contributed by atoms with E-state index in [0.717, 1.165) is 5.56 Å². The lowest BCUT2D eigenvalue weighted by molar-refractivity contribution is -0.129. The first-order valence-corrected chi connectivity index (χ1v) is 12.2. The van der Waals surface area contributed by atoms with Gasteiger partial charge in [0.1, 0.15) is 16.7 Å². The topological polar surface area (TPSA) is 118 Å².